The molecule has 0 bridgehead atoms. The number of benzene rings is 1. The second-order valence-corrected chi connectivity index (χ2v) is 9.05. The number of ether oxygens (including phenoxy) is 1. The molecule has 12 heteroatoms. The maximum atomic E-state index is 14.4. The van der Waals surface area contributed by atoms with Crippen LogP contribution in [0.5, 0.6) is 5.88 Å². The van der Waals surface area contributed by atoms with Crippen molar-refractivity contribution >= 4 is 22.9 Å². The van der Waals surface area contributed by atoms with Crippen LogP contribution in [0, 0.1) is 12.7 Å². The van der Waals surface area contributed by atoms with Crippen molar-refractivity contribution in [2.45, 2.75) is 58.7 Å². The van der Waals surface area contributed by atoms with Crippen molar-refractivity contribution < 1.29 is 35.9 Å². The molecule has 0 spiro atoms. The molecule has 0 aliphatic carbocycles. The average Bonchev–Trinajstić information content (AvgIpc) is 2.79. The molecule has 194 valence electrons. The minimum absolute atomic E-state index is 0.112. The molecule has 0 saturated carbocycles. The predicted molar refractivity (Wildman–Crippen MR) is 125 cm³/mol. The zero-order chi connectivity index (χ0) is 26.3. The van der Waals surface area contributed by atoms with Gasteiger partial charge >= 0.3 is 6.18 Å². The number of aryl methyl sites for hydroxylation is 1. The van der Waals surface area contributed by atoms with Crippen molar-refractivity contribution in [2.24, 2.45) is 0 Å². The fraction of sp³-hybridized carbons (Fsp3) is 0.478. The van der Waals surface area contributed by atoms with Crippen LogP contribution in [0.4, 0.5) is 23.2 Å². The molecule has 2 unspecified atom stereocenters. The summed E-state index contributed by atoms with van der Waals surface area (Å²) in [7, 11) is 1.24. The van der Waals surface area contributed by atoms with E-state index in [-0.39, 0.29) is 30.3 Å². The van der Waals surface area contributed by atoms with Crippen LogP contribution in [0.2, 0.25) is 0 Å². The number of rotatable bonds is 11. The van der Waals surface area contributed by atoms with Crippen molar-refractivity contribution in [1.29, 1.82) is 0 Å². The highest BCUT2D eigenvalue weighted by Gasteiger charge is 2.34. The standard InChI is InChI=1S/C23H29F4N3O4S/c1-5-6-7-10-34-22-17(14(2)11-20(29-22)23(25,26)27)13-28-21(31)15(3)16-8-9-19(18(24)12-16)30(4)35(32)33/h8-9,11-12,15H,5-7,10,13H2,1-4H3,(H,28,31)(H,32,33). The Balaban J connectivity index is 2.20. The number of carbonyl (C=O) groups excluding carboxylic acids is 1. The van der Waals surface area contributed by atoms with E-state index >= 15 is 0 Å². The molecule has 1 aromatic carbocycles. The van der Waals surface area contributed by atoms with Gasteiger partial charge in [-0.1, -0.05) is 25.8 Å². The summed E-state index contributed by atoms with van der Waals surface area (Å²) in [4.78, 5) is 16.4. The molecule has 0 radical (unpaired) electrons. The van der Waals surface area contributed by atoms with E-state index in [9.17, 15) is 26.6 Å². The first-order valence-electron chi connectivity index (χ1n) is 11.0. The maximum absolute atomic E-state index is 14.4. The van der Waals surface area contributed by atoms with E-state index in [0.29, 0.717) is 17.5 Å². The molecule has 2 atom stereocenters. The van der Waals surface area contributed by atoms with Gasteiger partial charge in [-0.2, -0.15) is 13.2 Å². The monoisotopic (exact) mass is 519 g/mol. The van der Waals surface area contributed by atoms with Crippen molar-refractivity contribution in [3.63, 3.8) is 0 Å². The van der Waals surface area contributed by atoms with E-state index in [1.165, 1.54) is 33.0 Å². The minimum atomic E-state index is -4.64. The Labute approximate surface area is 204 Å². The number of nitrogens with zero attached hydrogens (tertiary/aromatic N) is 2. The van der Waals surface area contributed by atoms with Crippen molar-refractivity contribution in [2.75, 3.05) is 18.0 Å². The Hall–Kier alpha value is -2.73. The molecule has 0 aliphatic rings. The molecule has 2 N–H and O–H groups in total. The SMILES string of the molecule is CCCCCOc1nc(C(F)(F)F)cc(C)c1CNC(=O)C(C)c1ccc(N(C)S(=O)O)c(F)c1. The highest BCUT2D eigenvalue weighted by Crippen LogP contribution is 2.32. The minimum Gasteiger partial charge on any atom is -0.477 e. The fourth-order valence-electron chi connectivity index (χ4n) is 3.28. The van der Waals surface area contributed by atoms with Gasteiger partial charge in [-0.3, -0.25) is 13.7 Å². The summed E-state index contributed by atoms with van der Waals surface area (Å²) in [5, 5.41) is 2.65. The number of hydrogen-bond acceptors (Lipinski definition) is 4. The average molecular weight is 520 g/mol. The van der Waals surface area contributed by atoms with Gasteiger partial charge in [0.05, 0.1) is 18.2 Å². The number of halogens is 4. The maximum Gasteiger partial charge on any atom is 0.433 e. The number of anilines is 1. The predicted octanol–water partition coefficient (Wildman–Crippen LogP) is 5.11. The first-order valence-corrected chi connectivity index (χ1v) is 12.1. The number of pyridine rings is 1. The zero-order valence-electron chi connectivity index (χ0n) is 19.9. The lowest BCUT2D eigenvalue weighted by molar-refractivity contribution is -0.141. The van der Waals surface area contributed by atoms with Crippen molar-refractivity contribution in [3.05, 3.63) is 52.5 Å². The van der Waals surface area contributed by atoms with Crippen LogP contribution >= 0.6 is 0 Å². The number of carbonyl (C=O) groups is 1. The topological polar surface area (TPSA) is 91.8 Å². The molecule has 0 saturated heterocycles. The third kappa shape index (κ3) is 7.63. The third-order valence-corrected chi connectivity index (χ3v) is 6.13. The number of hydrogen-bond donors (Lipinski definition) is 2. The van der Waals surface area contributed by atoms with Gasteiger partial charge in [-0.15, -0.1) is 0 Å². The summed E-state index contributed by atoms with van der Waals surface area (Å²) in [6.45, 7) is 5.07. The van der Waals surface area contributed by atoms with Gasteiger partial charge in [0.2, 0.25) is 11.8 Å². The van der Waals surface area contributed by atoms with E-state index in [0.717, 1.165) is 29.3 Å². The smallest absolute Gasteiger partial charge is 0.433 e. The quantitative estimate of drug-likeness (QED) is 0.245. The van der Waals surface area contributed by atoms with Gasteiger partial charge in [0.25, 0.3) is 11.3 Å². The zero-order valence-corrected chi connectivity index (χ0v) is 20.7. The molecule has 2 aromatic rings. The molecule has 2 rings (SSSR count). The van der Waals surface area contributed by atoms with Crippen LogP contribution in [-0.2, 0) is 28.8 Å². The summed E-state index contributed by atoms with van der Waals surface area (Å²) >= 11 is -2.41. The summed E-state index contributed by atoms with van der Waals surface area (Å²) in [5.41, 5.74) is -0.282. The van der Waals surface area contributed by atoms with Gasteiger partial charge in [0.1, 0.15) is 11.5 Å². The van der Waals surface area contributed by atoms with Crippen LogP contribution in [0.25, 0.3) is 0 Å². The molecular formula is C23H29F4N3O4S. The van der Waals surface area contributed by atoms with E-state index < -0.39 is 40.8 Å². The number of aromatic nitrogens is 1. The van der Waals surface area contributed by atoms with Crippen molar-refractivity contribution in [1.82, 2.24) is 10.3 Å². The first kappa shape index (κ1) is 28.5. The summed E-state index contributed by atoms with van der Waals surface area (Å²) < 4.78 is 80.8. The van der Waals surface area contributed by atoms with Crippen LogP contribution in [0.1, 0.15) is 61.4 Å². The van der Waals surface area contributed by atoms with Gasteiger partial charge in [-0.05, 0) is 49.6 Å². The normalized spacial score (nSPS) is 13.3. The van der Waals surface area contributed by atoms with E-state index in [2.05, 4.69) is 10.3 Å². The molecule has 35 heavy (non-hydrogen) atoms. The molecule has 7 nitrogen and oxygen atoms in total. The second kappa shape index (κ2) is 12.3. The molecular weight excluding hydrogens is 490 g/mol. The van der Waals surface area contributed by atoms with Crippen molar-refractivity contribution in [3.8, 4) is 5.88 Å². The van der Waals surface area contributed by atoms with E-state index in [1.54, 1.807) is 0 Å². The number of unbranched alkanes of at least 4 members (excludes halogenated alkanes) is 2. The lowest BCUT2D eigenvalue weighted by atomic mass is 9.99. The Morgan fingerprint density at radius 1 is 1.29 bits per heavy atom. The fourth-order valence-corrected chi connectivity index (χ4v) is 3.60. The lowest BCUT2D eigenvalue weighted by Crippen LogP contribution is -2.28. The van der Waals surface area contributed by atoms with E-state index in [1.807, 2.05) is 6.92 Å². The first-order chi connectivity index (χ1) is 16.4. The molecule has 1 amide bonds. The molecule has 1 aromatic heterocycles. The van der Waals surface area contributed by atoms with Gasteiger partial charge in [0, 0.05) is 19.2 Å². The lowest BCUT2D eigenvalue weighted by Gasteiger charge is -2.19. The van der Waals surface area contributed by atoms with Gasteiger partial charge < -0.3 is 10.1 Å². The van der Waals surface area contributed by atoms with Gasteiger partial charge in [-0.25, -0.2) is 13.6 Å². The number of alkyl halides is 3. The molecule has 0 fully saturated rings. The van der Waals surface area contributed by atoms with Gasteiger partial charge in [0.15, 0.2) is 0 Å². The summed E-state index contributed by atoms with van der Waals surface area (Å²) in [6, 6.07) is 4.74. The Bertz CT molecular complexity index is 1070. The Morgan fingerprint density at radius 3 is 2.54 bits per heavy atom. The highest BCUT2D eigenvalue weighted by molar-refractivity contribution is 7.80. The Kier molecular flexibility index (Phi) is 10.0. The highest BCUT2D eigenvalue weighted by atomic mass is 32.2. The summed E-state index contributed by atoms with van der Waals surface area (Å²) in [5.74, 6) is -2.26. The number of nitrogens with one attached hydrogen (secondary N) is 1. The largest absolute Gasteiger partial charge is 0.477 e. The second-order valence-electron chi connectivity index (χ2n) is 8.04. The number of amides is 1. The van der Waals surface area contributed by atoms with Crippen LogP contribution in [0.3, 0.4) is 0 Å². The summed E-state index contributed by atoms with van der Waals surface area (Å²) in [6.07, 6.45) is -2.23. The molecule has 0 aliphatic heterocycles. The van der Waals surface area contributed by atoms with Crippen LogP contribution in [0.15, 0.2) is 24.3 Å². The Morgan fingerprint density at radius 2 is 1.97 bits per heavy atom. The third-order valence-electron chi connectivity index (χ3n) is 5.46. The molecule has 1 heterocycles. The van der Waals surface area contributed by atoms with E-state index in [4.69, 9.17) is 9.29 Å². The van der Waals surface area contributed by atoms with Crippen LogP contribution in [-0.4, -0.2) is 33.3 Å². The van der Waals surface area contributed by atoms with Crippen LogP contribution < -0.4 is 14.4 Å².